The number of carbonyl (C=O) groups is 1. The van der Waals surface area contributed by atoms with Gasteiger partial charge in [0.05, 0.1) is 12.2 Å². The second kappa shape index (κ2) is 4.04. The van der Waals surface area contributed by atoms with E-state index in [1.807, 2.05) is 0 Å². The first kappa shape index (κ1) is 11.4. The average molecular weight is 241 g/mol. The zero-order valence-electron chi connectivity index (χ0n) is 8.74. The third kappa shape index (κ3) is 2.06. The van der Waals surface area contributed by atoms with Crippen LogP contribution in [0.15, 0.2) is 24.3 Å². The average Bonchev–Trinajstić information content (AvgIpc) is 2.41. The molecule has 17 heavy (non-hydrogen) atoms. The summed E-state index contributed by atoms with van der Waals surface area (Å²) in [7, 11) is 0. The lowest BCUT2D eigenvalue weighted by Gasteiger charge is -2.18. The van der Waals surface area contributed by atoms with Crippen LogP contribution >= 0.6 is 0 Å². The normalized spacial score (nSPS) is 14.9. The van der Waals surface area contributed by atoms with Crippen molar-refractivity contribution in [2.24, 2.45) is 0 Å². The van der Waals surface area contributed by atoms with Crippen LogP contribution in [0.5, 0.6) is 5.75 Å². The molecule has 1 amide bonds. The first-order valence-corrected chi connectivity index (χ1v) is 4.78. The predicted octanol–water partition coefficient (Wildman–Crippen LogP) is 2.40. The van der Waals surface area contributed by atoms with Gasteiger partial charge in [-0.25, -0.2) is 13.6 Å². The van der Waals surface area contributed by atoms with E-state index >= 15 is 0 Å². The van der Waals surface area contributed by atoms with Crippen LogP contribution < -0.4 is 9.64 Å². The third-order valence-corrected chi connectivity index (χ3v) is 2.34. The molecule has 0 saturated heterocycles. The molecule has 0 saturated carbocycles. The molecule has 0 unspecified atom stereocenters. The smallest absolute Gasteiger partial charge is 0.412 e. The van der Waals surface area contributed by atoms with Gasteiger partial charge in [0.25, 0.3) is 0 Å². The molecule has 0 spiro atoms. The zero-order valence-corrected chi connectivity index (χ0v) is 8.74. The summed E-state index contributed by atoms with van der Waals surface area (Å²) in [6.45, 7) is 3.68. The Balaban J connectivity index is 2.55. The maximum Gasteiger partial charge on any atom is 0.412 e. The number of halogens is 2. The quantitative estimate of drug-likeness (QED) is 0.709. The zero-order chi connectivity index (χ0) is 12.6. The standard InChI is InChI=1S/C11H9F2NO3/c1-6-4-14(11(15)16)9-2-7(12)8(13)3-10(9)17-5-6/h2-3H,1,4-5H2,(H,15,16). The van der Waals surface area contributed by atoms with E-state index in [1.54, 1.807) is 0 Å². The van der Waals surface area contributed by atoms with E-state index in [0.29, 0.717) is 5.57 Å². The largest absolute Gasteiger partial charge is 0.487 e. The minimum absolute atomic E-state index is 0.00654. The van der Waals surface area contributed by atoms with E-state index in [9.17, 15) is 13.6 Å². The molecule has 0 fully saturated rings. The summed E-state index contributed by atoms with van der Waals surface area (Å²) in [5.74, 6) is -2.21. The number of nitrogens with zero attached hydrogens (tertiary/aromatic N) is 1. The van der Waals surface area contributed by atoms with Crippen molar-refractivity contribution in [1.82, 2.24) is 0 Å². The number of carboxylic acid groups (broad SMARTS) is 1. The molecule has 1 aliphatic heterocycles. The number of amides is 1. The number of ether oxygens (including phenoxy) is 1. The van der Waals surface area contributed by atoms with Crippen molar-refractivity contribution < 1.29 is 23.4 Å². The van der Waals surface area contributed by atoms with Crippen molar-refractivity contribution in [3.05, 3.63) is 35.9 Å². The molecular weight excluding hydrogens is 232 g/mol. The van der Waals surface area contributed by atoms with Gasteiger partial charge in [0.1, 0.15) is 12.4 Å². The van der Waals surface area contributed by atoms with Crippen molar-refractivity contribution in [1.29, 1.82) is 0 Å². The Kier molecular flexibility index (Phi) is 2.71. The number of anilines is 1. The van der Waals surface area contributed by atoms with Crippen LogP contribution in [0.4, 0.5) is 19.3 Å². The SMILES string of the molecule is C=C1COc2cc(F)c(F)cc2N(C(=O)O)C1. The fourth-order valence-corrected chi connectivity index (χ4v) is 1.55. The fourth-order valence-electron chi connectivity index (χ4n) is 1.55. The molecule has 0 radical (unpaired) electrons. The molecule has 0 atom stereocenters. The van der Waals surface area contributed by atoms with Crippen LogP contribution in [0.3, 0.4) is 0 Å². The summed E-state index contributed by atoms with van der Waals surface area (Å²) in [4.78, 5) is 11.9. The van der Waals surface area contributed by atoms with E-state index < -0.39 is 17.7 Å². The fraction of sp³-hybridized carbons (Fsp3) is 0.182. The lowest BCUT2D eigenvalue weighted by molar-refractivity contribution is 0.202. The van der Waals surface area contributed by atoms with Crippen molar-refractivity contribution in [2.75, 3.05) is 18.1 Å². The van der Waals surface area contributed by atoms with Crippen molar-refractivity contribution >= 4 is 11.8 Å². The maximum absolute atomic E-state index is 13.1. The summed E-state index contributed by atoms with van der Waals surface area (Å²) in [5, 5.41) is 9.00. The van der Waals surface area contributed by atoms with Gasteiger partial charge in [-0.3, -0.25) is 4.90 Å². The highest BCUT2D eigenvalue weighted by Crippen LogP contribution is 2.33. The summed E-state index contributed by atoms with van der Waals surface area (Å²) >= 11 is 0. The van der Waals surface area contributed by atoms with E-state index in [2.05, 4.69) is 6.58 Å². The van der Waals surface area contributed by atoms with Crippen molar-refractivity contribution in [3.63, 3.8) is 0 Å². The second-order valence-electron chi connectivity index (χ2n) is 3.64. The van der Waals surface area contributed by atoms with Crippen molar-refractivity contribution in [3.8, 4) is 5.75 Å². The molecule has 6 heteroatoms. The molecule has 4 nitrogen and oxygen atoms in total. The van der Waals surface area contributed by atoms with Gasteiger partial charge in [-0.05, 0) is 5.57 Å². The predicted molar refractivity (Wildman–Crippen MR) is 56.4 cm³/mol. The first-order chi connectivity index (χ1) is 7.99. The maximum atomic E-state index is 13.1. The van der Waals surface area contributed by atoms with Gasteiger partial charge < -0.3 is 9.84 Å². The highest BCUT2D eigenvalue weighted by atomic mass is 19.2. The van der Waals surface area contributed by atoms with Gasteiger partial charge in [-0.1, -0.05) is 6.58 Å². The highest BCUT2D eigenvalue weighted by molar-refractivity contribution is 5.89. The van der Waals surface area contributed by atoms with E-state index in [0.717, 1.165) is 17.0 Å². The summed E-state index contributed by atoms with van der Waals surface area (Å²) in [6, 6.07) is 1.64. The molecule has 1 N–H and O–H groups in total. The number of fused-ring (bicyclic) bond motifs is 1. The monoisotopic (exact) mass is 241 g/mol. The highest BCUT2D eigenvalue weighted by Gasteiger charge is 2.25. The summed E-state index contributed by atoms with van der Waals surface area (Å²) < 4.78 is 31.3. The molecule has 1 aromatic carbocycles. The number of hydrogen-bond donors (Lipinski definition) is 1. The molecule has 1 aliphatic rings. The van der Waals surface area contributed by atoms with Gasteiger partial charge >= 0.3 is 6.09 Å². The minimum Gasteiger partial charge on any atom is -0.487 e. The first-order valence-electron chi connectivity index (χ1n) is 4.78. The molecule has 0 aromatic heterocycles. The van der Waals surface area contributed by atoms with Crippen LogP contribution in [0.2, 0.25) is 0 Å². The Morgan fingerprint density at radius 3 is 2.71 bits per heavy atom. The lowest BCUT2D eigenvalue weighted by atomic mass is 10.2. The Bertz CT molecular complexity index is 502. The molecule has 90 valence electrons. The van der Waals surface area contributed by atoms with Gasteiger partial charge in [0.2, 0.25) is 0 Å². The van der Waals surface area contributed by atoms with Gasteiger partial charge in [-0.15, -0.1) is 0 Å². The molecule has 2 rings (SSSR count). The summed E-state index contributed by atoms with van der Waals surface area (Å²) in [6.07, 6.45) is -1.27. The van der Waals surface area contributed by atoms with Gasteiger partial charge in [0.15, 0.2) is 11.6 Å². The van der Waals surface area contributed by atoms with Crippen LogP contribution in [0.25, 0.3) is 0 Å². The Labute approximate surface area is 95.7 Å². The second-order valence-corrected chi connectivity index (χ2v) is 3.64. The molecule has 0 aliphatic carbocycles. The topological polar surface area (TPSA) is 49.8 Å². The van der Waals surface area contributed by atoms with Crippen LogP contribution in [-0.2, 0) is 0 Å². The van der Waals surface area contributed by atoms with Crippen molar-refractivity contribution in [2.45, 2.75) is 0 Å². The van der Waals surface area contributed by atoms with Crippen LogP contribution in [0, 0.1) is 11.6 Å². The molecular formula is C11H9F2NO3. The van der Waals surface area contributed by atoms with E-state index in [1.165, 1.54) is 0 Å². The number of hydrogen-bond acceptors (Lipinski definition) is 2. The summed E-state index contributed by atoms with van der Waals surface area (Å²) in [5.41, 5.74) is 0.486. The van der Waals surface area contributed by atoms with Gasteiger partial charge in [-0.2, -0.15) is 0 Å². The number of rotatable bonds is 0. The Morgan fingerprint density at radius 1 is 1.41 bits per heavy atom. The Morgan fingerprint density at radius 2 is 2.06 bits per heavy atom. The molecule has 0 bridgehead atoms. The molecule has 1 heterocycles. The van der Waals surface area contributed by atoms with Crippen LogP contribution in [0.1, 0.15) is 0 Å². The van der Waals surface area contributed by atoms with Gasteiger partial charge in [0, 0.05) is 12.1 Å². The number of benzene rings is 1. The molecule has 1 aromatic rings. The van der Waals surface area contributed by atoms with Crippen LogP contribution in [-0.4, -0.2) is 24.4 Å². The Hall–Kier alpha value is -2.11. The van der Waals surface area contributed by atoms with E-state index in [-0.39, 0.29) is 24.6 Å². The lowest BCUT2D eigenvalue weighted by Crippen LogP contribution is -2.30. The minimum atomic E-state index is -1.27. The van der Waals surface area contributed by atoms with E-state index in [4.69, 9.17) is 9.84 Å². The third-order valence-electron chi connectivity index (χ3n) is 2.34.